The van der Waals surface area contributed by atoms with E-state index in [1.807, 2.05) is 36.5 Å². The number of benzene rings is 2. The number of thioether (sulfide) groups is 1. The van der Waals surface area contributed by atoms with Crippen LogP contribution in [0.4, 0.5) is 8.78 Å². The van der Waals surface area contributed by atoms with E-state index in [0.717, 1.165) is 27.9 Å². The summed E-state index contributed by atoms with van der Waals surface area (Å²) < 4.78 is 31.3. The van der Waals surface area contributed by atoms with Crippen LogP contribution in [-0.4, -0.2) is 21.9 Å². The van der Waals surface area contributed by atoms with Crippen molar-refractivity contribution in [1.29, 1.82) is 0 Å². The largest absolute Gasteiger partial charge is 0.435 e. The zero-order valence-electron chi connectivity index (χ0n) is 14.6. The average Bonchev–Trinajstić information content (AvgIpc) is 3.05. The molecule has 6 heteroatoms. The van der Waals surface area contributed by atoms with Crippen LogP contribution in [0.2, 0.25) is 0 Å². The molecule has 0 aliphatic carbocycles. The molecule has 1 heterocycles. The Bertz CT molecular complexity index is 833. The molecule has 0 atom stereocenters. The van der Waals surface area contributed by atoms with E-state index >= 15 is 0 Å². The Morgan fingerprint density at radius 1 is 1.04 bits per heavy atom. The third kappa shape index (κ3) is 4.43. The van der Waals surface area contributed by atoms with E-state index in [1.54, 1.807) is 36.0 Å². The monoisotopic (exact) mass is 374 g/mol. The van der Waals surface area contributed by atoms with E-state index in [9.17, 15) is 8.78 Å². The normalized spacial score (nSPS) is 11.3. The number of alkyl halides is 2. The predicted octanol–water partition coefficient (Wildman–Crippen LogP) is 5.89. The molecule has 136 valence electrons. The molecule has 0 spiro atoms. The minimum absolute atomic E-state index is 0.140. The van der Waals surface area contributed by atoms with E-state index in [2.05, 4.69) is 28.1 Å². The lowest BCUT2D eigenvalue weighted by atomic mass is 10.1. The van der Waals surface area contributed by atoms with Gasteiger partial charge in [0.2, 0.25) is 0 Å². The fraction of sp³-hybridized carbons (Fsp3) is 0.250. The van der Waals surface area contributed by atoms with Gasteiger partial charge in [0.1, 0.15) is 5.75 Å². The second kappa shape index (κ2) is 8.36. The van der Waals surface area contributed by atoms with Gasteiger partial charge in [-0.1, -0.05) is 55.9 Å². The van der Waals surface area contributed by atoms with Crippen molar-refractivity contribution in [2.75, 3.05) is 5.75 Å². The number of hydrogen-bond donors (Lipinski definition) is 0. The van der Waals surface area contributed by atoms with Gasteiger partial charge in [0.25, 0.3) is 0 Å². The first kappa shape index (κ1) is 18.5. The van der Waals surface area contributed by atoms with Crippen LogP contribution in [-0.2, 0) is 0 Å². The van der Waals surface area contributed by atoms with E-state index in [4.69, 9.17) is 0 Å². The summed E-state index contributed by atoms with van der Waals surface area (Å²) in [4.78, 5) is 4.59. The highest BCUT2D eigenvalue weighted by Crippen LogP contribution is 2.31. The number of nitrogens with zero attached hydrogens (tertiary/aromatic N) is 2. The molecule has 0 unspecified atom stereocenters. The number of ether oxygens (including phenoxy) is 1. The van der Waals surface area contributed by atoms with Crippen molar-refractivity contribution in [1.82, 2.24) is 9.55 Å². The molecule has 0 bridgehead atoms. The lowest BCUT2D eigenvalue weighted by molar-refractivity contribution is -0.0498. The summed E-state index contributed by atoms with van der Waals surface area (Å²) >= 11 is 1.68. The molecule has 2 aromatic carbocycles. The van der Waals surface area contributed by atoms with Gasteiger partial charge >= 0.3 is 6.61 Å². The molecule has 0 saturated carbocycles. The van der Waals surface area contributed by atoms with Gasteiger partial charge in [0.15, 0.2) is 5.16 Å². The van der Waals surface area contributed by atoms with Crippen LogP contribution in [0.5, 0.6) is 5.75 Å². The molecule has 0 radical (unpaired) electrons. The minimum atomic E-state index is -2.83. The van der Waals surface area contributed by atoms with Crippen LogP contribution < -0.4 is 4.74 Å². The lowest BCUT2D eigenvalue weighted by Gasteiger charge is -2.13. The fourth-order valence-electron chi connectivity index (χ4n) is 2.52. The van der Waals surface area contributed by atoms with E-state index in [-0.39, 0.29) is 5.75 Å². The third-order valence-electron chi connectivity index (χ3n) is 3.66. The predicted molar refractivity (Wildman–Crippen MR) is 101 cm³/mol. The molecule has 0 saturated heterocycles. The number of hydrogen-bond acceptors (Lipinski definition) is 3. The van der Waals surface area contributed by atoms with Crippen LogP contribution in [0.25, 0.3) is 16.9 Å². The Kier molecular flexibility index (Phi) is 5.93. The van der Waals surface area contributed by atoms with Crippen molar-refractivity contribution in [3.8, 4) is 22.7 Å². The second-order valence-corrected chi connectivity index (χ2v) is 7.19. The maximum Gasteiger partial charge on any atom is 0.387 e. The van der Waals surface area contributed by atoms with Gasteiger partial charge in [-0.3, -0.25) is 4.57 Å². The lowest BCUT2D eigenvalue weighted by Crippen LogP contribution is -2.03. The van der Waals surface area contributed by atoms with Crippen molar-refractivity contribution in [3.05, 3.63) is 60.8 Å². The highest BCUT2D eigenvalue weighted by molar-refractivity contribution is 7.99. The summed E-state index contributed by atoms with van der Waals surface area (Å²) in [6.07, 6.45) is 1.85. The average molecular weight is 374 g/mol. The molecule has 0 amide bonds. The highest BCUT2D eigenvalue weighted by Gasteiger charge is 2.15. The molecular formula is C20H20F2N2OS. The van der Waals surface area contributed by atoms with Crippen LogP contribution in [0.3, 0.4) is 0 Å². The van der Waals surface area contributed by atoms with Crippen LogP contribution in [0, 0.1) is 5.92 Å². The van der Waals surface area contributed by atoms with Crippen molar-refractivity contribution >= 4 is 11.8 Å². The maximum absolute atomic E-state index is 12.4. The number of halogens is 2. The van der Waals surface area contributed by atoms with Gasteiger partial charge in [-0.2, -0.15) is 8.78 Å². The quantitative estimate of drug-likeness (QED) is 0.483. The molecule has 3 nitrogen and oxygen atoms in total. The molecule has 0 fully saturated rings. The molecule has 0 aliphatic rings. The van der Waals surface area contributed by atoms with Crippen LogP contribution >= 0.6 is 11.8 Å². The smallest absolute Gasteiger partial charge is 0.387 e. The van der Waals surface area contributed by atoms with Crippen LogP contribution in [0.15, 0.2) is 66.0 Å². The second-order valence-electron chi connectivity index (χ2n) is 6.20. The number of aromatic nitrogens is 2. The first-order valence-corrected chi connectivity index (χ1v) is 9.34. The van der Waals surface area contributed by atoms with Gasteiger partial charge < -0.3 is 4.74 Å². The standard InChI is InChI=1S/C20H20F2N2OS/c1-14(2)13-26-20-23-12-18(15-6-4-3-5-7-15)24(20)16-8-10-17(11-9-16)25-19(21)22/h3-12,14,19H,13H2,1-2H3. The highest BCUT2D eigenvalue weighted by atomic mass is 32.2. The molecule has 3 aromatic rings. The van der Waals surface area contributed by atoms with Gasteiger partial charge in [-0.15, -0.1) is 0 Å². The zero-order chi connectivity index (χ0) is 18.5. The van der Waals surface area contributed by atoms with Crippen molar-refractivity contribution < 1.29 is 13.5 Å². The first-order chi connectivity index (χ1) is 12.5. The van der Waals surface area contributed by atoms with Crippen molar-refractivity contribution in [2.24, 2.45) is 5.92 Å². The summed E-state index contributed by atoms with van der Waals surface area (Å²) in [5.41, 5.74) is 2.86. The summed E-state index contributed by atoms with van der Waals surface area (Å²) in [6.45, 7) is 1.50. The topological polar surface area (TPSA) is 27.1 Å². The zero-order valence-corrected chi connectivity index (χ0v) is 15.4. The Morgan fingerprint density at radius 3 is 2.35 bits per heavy atom. The molecular weight excluding hydrogens is 354 g/mol. The Morgan fingerprint density at radius 2 is 1.73 bits per heavy atom. The molecule has 1 aromatic heterocycles. The molecule has 26 heavy (non-hydrogen) atoms. The van der Waals surface area contributed by atoms with Crippen LogP contribution in [0.1, 0.15) is 13.8 Å². The van der Waals surface area contributed by atoms with Gasteiger partial charge in [0, 0.05) is 17.0 Å². The maximum atomic E-state index is 12.4. The van der Waals surface area contributed by atoms with Gasteiger partial charge in [0.05, 0.1) is 11.9 Å². The molecule has 0 N–H and O–H groups in total. The summed E-state index contributed by atoms with van der Waals surface area (Å²) in [6, 6.07) is 16.6. The SMILES string of the molecule is CC(C)CSc1ncc(-c2ccccc2)n1-c1ccc(OC(F)F)cc1. The first-order valence-electron chi connectivity index (χ1n) is 8.36. The number of imidazole rings is 1. The van der Waals surface area contributed by atoms with Gasteiger partial charge in [-0.05, 0) is 30.2 Å². The van der Waals surface area contributed by atoms with Crippen molar-refractivity contribution in [3.63, 3.8) is 0 Å². The molecule has 0 aliphatic heterocycles. The Hall–Kier alpha value is -2.34. The number of rotatable bonds is 7. The Balaban J connectivity index is 2.00. The van der Waals surface area contributed by atoms with E-state index in [0.29, 0.717) is 5.92 Å². The minimum Gasteiger partial charge on any atom is -0.435 e. The van der Waals surface area contributed by atoms with E-state index in [1.165, 1.54) is 0 Å². The summed E-state index contributed by atoms with van der Waals surface area (Å²) in [7, 11) is 0. The fourth-order valence-corrected chi connectivity index (χ4v) is 3.46. The third-order valence-corrected chi connectivity index (χ3v) is 5.04. The molecule has 3 rings (SSSR count). The summed E-state index contributed by atoms with van der Waals surface area (Å²) in [5, 5.41) is 0.875. The Labute approximate surface area is 156 Å². The van der Waals surface area contributed by atoms with Gasteiger partial charge in [-0.25, -0.2) is 4.98 Å². The van der Waals surface area contributed by atoms with Crippen molar-refractivity contribution in [2.45, 2.75) is 25.6 Å². The van der Waals surface area contributed by atoms with E-state index < -0.39 is 6.61 Å². The summed E-state index contributed by atoms with van der Waals surface area (Å²) in [5.74, 6) is 1.62.